The zero-order valence-electron chi connectivity index (χ0n) is 5.45. The van der Waals surface area contributed by atoms with Crippen LogP contribution in [0.3, 0.4) is 0 Å². The minimum Gasteiger partial charge on any atom is -0.465 e. The molecule has 0 aliphatic rings. The van der Waals surface area contributed by atoms with E-state index in [-0.39, 0.29) is 13.1 Å². The van der Waals surface area contributed by atoms with Crippen LogP contribution in [0, 0.1) is 11.3 Å². The van der Waals surface area contributed by atoms with Gasteiger partial charge < -0.3 is 5.11 Å². The van der Waals surface area contributed by atoms with E-state index in [0.29, 0.717) is 0 Å². The molecule has 0 aromatic rings. The molecule has 10 heavy (non-hydrogen) atoms. The van der Waals surface area contributed by atoms with Gasteiger partial charge >= 0.3 is 6.09 Å². The third-order valence-electron chi connectivity index (χ3n) is 0.882. The standard InChI is InChI=1S/C6H8N2O2/c1-2-4-8(5-3-7)6(9)10/h2H,1,4-5H2,(H,9,10). The van der Waals surface area contributed by atoms with E-state index in [9.17, 15) is 4.79 Å². The van der Waals surface area contributed by atoms with Gasteiger partial charge in [0.05, 0.1) is 6.07 Å². The Balaban J connectivity index is 3.86. The van der Waals surface area contributed by atoms with Gasteiger partial charge in [-0.25, -0.2) is 4.79 Å². The molecular formula is C6H8N2O2. The predicted octanol–water partition coefficient (Wildman–Crippen LogP) is 0.676. The molecule has 0 saturated carbocycles. The SMILES string of the molecule is C=CCN(CC#N)C(=O)O. The van der Waals surface area contributed by atoms with Crippen molar-refractivity contribution in [2.75, 3.05) is 13.1 Å². The minimum atomic E-state index is -1.10. The van der Waals surface area contributed by atoms with Gasteiger partial charge in [0.15, 0.2) is 0 Å². The lowest BCUT2D eigenvalue weighted by atomic mass is 10.5. The summed E-state index contributed by atoms with van der Waals surface area (Å²) in [6.07, 6.45) is 0.340. The highest BCUT2D eigenvalue weighted by atomic mass is 16.4. The Morgan fingerprint density at radius 1 is 1.90 bits per heavy atom. The number of hydrogen-bond donors (Lipinski definition) is 1. The normalized spacial score (nSPS) is 7.90. The fourth-order valence-electron chi connectivity index (χ4n) is 0.451. The van der Waals surface area contributed by atoms with Gasteiger partial charge in [0.25, 0.3) is 0 Å². The first-order chi connectivity index (χ1) is 4.72. The van der Waals surface area contributed by atoms with Crippen molar-refractivity contribution in [1.82, 2.24) is 4.90 Å². The van der Waals surface area contributed by atoms with E-state index in [1.54, 1.807) is 6.07 Å². The zero-order chi connectivity index (χ0) is 7.98. The third kappa shape index (κ3) is 2.72. The molecule has 0 rings (SSSR count). The topological polar surface area (TPSA) is 64.3 Å². The lowest BCUT2D eigenvalue weighted by Crippen LogP contribution is -2.29. The van der Waals surface area contributed by atoms with Gasteiger partial charge in [-0.05, 0) is 0 Å². The largest absolute Gasteiger partial charge is 0.465 e. The Labute approximate surface area is 59.0 Å². The first-order valence-corrected chi connectivity index (χ1v) is 2.68. The van der Waals surface area contributed by atoms with E-state index in [2.05, 4.69) is 6.58 Å². The van der Waals surface area contributed by atoms with E-state index in [1.807, 2.05) is 0 Å². The van der Waals surface area contributed by atoms with Crippen LogP contribution >= 0.6 is 0 Å². The van der Waals surface area contributed by atoms with Crippen LogP contribution in [-0.2, 0) is 0 Å². The predicted molar refractivity (Wildman–Crippen MR) is 35.4 cm³/mol. The first-order valence-electron chi connectivity index (χ1n) is 2.68. The molecule has 0 saturated heterocycles. The molecule has 4 heteroatoms. The number of carbonyl (C=O) groups is 1. The van der Waals surface area contributed by atoms with Crippen LogP contribution in [0.4, 0.5) is 4.79 Å². The number of nitrogens with zero attached hydrogens (tertiary/aromatic N) is 2. The molecule has 0 aliphatic heterocycles. The minimum absolute atomic E-state index is 0.110. The summed E-state index contributed by atoms with van der Waals surface area (Å²) < 4.78 is 0. The van der Waals surface area contributed by atoms with Crippen molar-refractivity contribution in [3.05, 3.63) is 12.7 Å². The Morgan fingerprint density at radius 2 is 2.50 bits per heavy atom. The van der Waals surface area contributed by atoms with Crippen LogP contribution in [0.1, 0.15) is 0 Å². The van der Waals surface area contributed by atoms with E-state index >= 15 is 0 Å². The molecule has 0 unspecified atom stereocenters. The second kappa shape index (κ2) is 4.39. The maximum Gasteiger partial charge on any atom is 0.408 e. The number of rotatable bonds is 3. The fourth-order valence-corrected chi connectivity index (χ4v) is 0.451. The van der Waals surface area contributed by atoms with Crippen LogP contribution in [0.15, 0.2) is 12.7 Å². The average molecular weight is 140 g/mol. The lowest BCUT2D eigenvalue weighted by molar-refractivity contribution is 0.156. The summed E-state index contributed by atoms with van der Waals surface area (Å²) in [6.45, 7) is 3.44. The van der Waals surface area contributed by atoms with Crippen LogP contribution < -0.4 is 0 Å². The van der Waals surface area contributed by atoms with Crippen LogP contribution in [0.5, 0.6) is 0 Å². The molecule has 1 amide bonds. The molecule has 0 fully saturated rings. The maximum absolute atomic E-state index is 10.2. The van der Waals surface area contributed by atoms with Gasteiger partial charge in [0, 0.05) is 6.54 Å². The van der Waals surface area contributed by atoms with Crippen molar-refractivity contribution in [1.29, 1.82) is 5.26 Å². The summed E-state index contributed by atoms with van der Waals surface area (Å²) in [5.74, 6) is 0. The summed E-state index contributed by atoms with van der Waals surface area (Å²) in [6, 6.07) is 1.73. The van der Waals surface area contributed by atoms with Crippen LogP contribution in [-0.4, -0.2) is 29.2 Å². The van der Waals surface area contributed by atoms with E-state index in [1.165, 1.54) is 6.08 Å². The summed E-state index contributed by atoms with van der Waals surface area (Å²) in [7, 11) is 0. The first kappa shape index (κ1) is 8.50. The Kier molecular flexibility index (Phi) is 3.73. The molecule has 1 N–H and O–H groups in total. The van der Waals surface area contributed by atoms with Gasteiger partial charge in [-0.1, -0.05) is 6.08 Å². The Bertz CT molecular complexity index is 171. The second-order valence-corrected chi connectivity index (χ2v) is 1.61. The molecule has 0 aromatic carbocycles. The van der Waals surface area contributed by atoms with E-state index in [4.69, 9.17) is 10.4 Å². The molecule has 54 valence electrons. The Morgan fingerprint density at radius 3 is 2.80 bits per heavy atom. The van der Waals surface area contributed by atoms with Gasteiger partial charge in [-0.3, -0.25) is 4.90 Å². The van der Waals surface area contributed by atoms with Crippen LogP contribution in [0.2, 0.25) is 0 Å². The van der Waals surface area contributed by atoms with Crippen molar-refractivity contribution < 1.29 is 9.90 Å². The van der Waals surface area contributed by atoms with Gasteiger partial charge in [0.2, 0.25) is 0 Å². The highest BCUT2D eigenvalue weighted by Crippen LogP contribution is 1.87. The van der Waals surface area contributed by atoms with Crippen molar-refractivity contribution in [3.63, 3.8) is 0 Å². The summed E-state index contributed by atoms with van der Waals surface area (Å²) in [5.41, 5.74) is 0. The monoisotopic (exact) mass is 140 g/mol. The molecule has 0 bridgehead atoms. The van der Waals surface area contributed by atoms with Gasteiger partial charge in [-0.2, -0.15) is 5.26 Å². The number of amides is 1. The number of hydrogen-bond acceptors (Lipinski definition) is 2. The average Bonchev–Trinajstić information content (AvgIpc) is 1.87. The van der Waals surface area contributed by atoms with Crippen molar-refractivity contribution in [2.45, 2.75) is 0 Å². The zero-order valence-corrected chi connectivity index (χ0v) is 5.45. The molecule has 0 atom stereocenters. The van der Waals surface area contributed by atoms with Gasteiger partial charge in [-0.15, -0.1) is 6.58 Å². The molecule has 0 aromatic heterocycles. The second-order valence-electron chi connectivity index (χ2n) is 1.61. The third-order valence-corrected chi connectivity index (χ3v) is 0.882. The van der Waals surface area contributed by atoms with Crippen molar-refractivity contribution >= 4 is 6.09 Å². The smallest absolute Gasteiger partial charge is 0.408 e. The highest BCUT2D eigenvalue weighted by Gasteiger charge is 2.06. The van der Waals surface area contributed by atoms with Crippen molar-refractivity contribution in [3.8, 4) is 6.07 Å². The maximum atomic E-state index is 10.2. The lowest BCUT2D eigenvalue weighted by Gasteiger charge is -2.11. The Hall–Kier alpha value is -1.50. The van der Waals surface area contributed by atoms with Gasteiger partial charge in [0.1, 0.15) is 6.54 Å². The summed E-state index contributed by atoms with van der Waals surface area (Å²) in [5, 5.41) is 16.5. The van der Waals surface area contributed by atoms with E-state index in [0.717, 1.165) is 4.90 Å². The fraction of sp³-hybridized carbons (Fsp3) is 0.333. The number of carboxylic acid groups (broad SMARTS) is 1. The molecule has 0 radical (unpaired) electrons. The quantitative estimate of drug-likeness (QED) is 0.463. The van der Waals surface area contributed by atoms with Crippen LogP contribution in [0.25, 0.3) is 0 Å². The highest BCUT2D eigenvalue weighted by molar-refractivity contribution is 5.65. The summed E-state index contributed by atoms with van der Waals surface area (Å²) >= 11 is 0. The molecule has 0 aliphatic carbocycles. The molecule has 0 heterocycles. The van der Waals surface area contributed by atoms with Crippen molar-refractivity contribution in [2.24, 2.45) is 0 Å². The molecule has 4 nitrogen and oxygen atoms in total. The summed E-state index contributed by atoms with van der Waals surface area (Å²) in [4.78, 5) is 11.2. The molecular weight excluding hydrogens is 132 g/mol. The molecule has 0 spiro atoms. The van der Waals surface area contributed by atoms with E-state index < -0.39 is 6.09 Å². The number of nitriles is 1.